The van der Waals surface area contributed by atoms with Crippen LogP contribution >= 0.6 is 0 Å². The van der Waals surface area contributed by atoms with Crippen molar-refractivity contribution in [1.82, 2.24) is 9.78 Å². The SMILES string of the molecule is CCn1cc(S(=O)(=O)Nc2ccc(C(F)(F)F)cc2)c(C)n1. The number of rotatable bonds is 4. The van der Waals surface area contributed by atoms with E-state index in [1.165, 1.54) is 10.9 Å². The highest BCUT2D eigenvalue weighted by Gasteiger charge is 2.30. The van der Waals surface area contributed by atoms with E-state index in [0.717, 1.165) is 24.3 Å². The molecule has 0 saturated carbocycles. The van der Waals surface area contributed by atoms with Crippen molar-refractivity contribution in [2.45, 2.75) is 31.5 Å². The van der Waals surface area contributed by atoms with Gasteiger partial charge in [-0.25, -0.2) is 8.42 Å². The lowest BCUT2D eigenvalue weighted by Gasteiger charge is -2.09. The highest BCUT2D eigenvalue weighted by Crippen LogP contribution is 2.30. The fourth-order valence-electron chi connectivity index (χ4n) is 1.86. The van der Waals surface area contributed by atoms with Crippen LogP contribution in [0.4, 0.5) is 18.9 Å². The highest BCUT2D eigenvalue weighted by atomic mass is 32.2. The van der Waals surface area contributed by atoms with Gasteiger partial charge in [0.05, 0.1) is 11.3 Å². The Morgan fingerprint density at radius 1 is 1.23 bits per heavy atom. The lowest BCUT2D eigenvalue weighted by molar-refractivity contribution is -0.137. The highest BCUT2D eigenvalue weighted by molar-refractivity contribution is 7.92. The van der Waals surface area contributed by atoms with Gasteiger partial charge in [-0.05, 0) is 38.1 Å². The second kappa shape index (κ2) is 5.64. The predicted octanol–water partition coefficient (Wildman–Crippen LogP) is 3.03. The molecular formula is C13H14F3N3O2S. The lowest BCUT2D eigenvalue weighted by Crippen LogP contribution is -2.13. The molecule has 2 rings (SSSR count). The van der Waals surface area contributed by atoms with Gasteiger partial charge in [-0.3, -0.25) is 9.40 Å². The molecule has 0 atom stereocenters. The summed E-state index contributed by atoms with van der Waals surface area (Å²) in [5.41, 5.74) is -0.469. The summed E-state index contributed by atoms with van der Waals surface area (Å²) in [7, 11) is -3.90. The first-order valence-electron chi connectivity index (χ1n) is 6.37. The number of nitrogens with zero attached hydrogens (tertiary/aromatic N) is 2. The lowest BCUT2D eigenvalue weighted by atomic mass is 10.2. The van der Waals surface area contributed by atoms with Crippen LogP contribution in [-0.4, -0.2) is 18.2 Å². The summed E-state index contributed by atoms with van der Waals surface area (Å²) in [5.74, 6) is 0. The van der Waals surface area contributed by atoms with Crippen LogP contribution in [0.3, 0.4) is 0 Å². The number of sulfonamides is 1. The quantitative estimate of drug-likeness (QED) is 0.935. The van der Waals surface area contributed by atoms with Gasteiger partial charge in [0.15, 0.2) is 0 Å². The van der Waals surface area contributed by atoms with Crippen molar-refractivity contribution in [3.05, 3.63) is 41.7 Å². The average molecular weight is 333 g/mol. The molecule has 0 bridgehead atoms. The van der Waals surface area contributed by atoms with E-state index in [0.29, 0.717) is 12.2 Å². The summed E-state index contributed by atoms with van der Waals surface area (Å²) in [6.07, 6.45) is -3.09. The molecule has 0 saturated heterocycles. The smallest absolute Gasteiger partial charge is 0.280 e. The third kappa shape index (κ3) is 3.41. The average Bonchev–Trinajstić information content (AvgIpc) is 2.80. The first-order valence-corrected chi connectivity index (χ1v) is 7.86. The maximum Gasteiger partial charge on any atom is 0.416 e. The van der Waals surface area contributed by atoms with Crippen LogP contribution in [0.25, 0.3) is 0 Å². The molecule has 1 heterocycles. The fraction of sp³-hybridized carbons (Fsp3) is 0.308. The molecule has 22 heavy (non-hydrogen) atoms. The van der Waals surface area contributed by atoms with Crippen LogP contribution in [0.5, 0.6) is 0 Å². The molecule has 0 aliphatic heterocycles. The standard InChI is InChI=1S/C13H14F3N3O2S/c1-3-19-8-12(9(2)17-19)22(20,21)18-11-6-4-10(5-7-11)13(14,15)16/h4-8,18H,3H2,1-2H3. The molecule has 5 nitrogen and oxygen atoms in total. The largest absolute Gasteiger partial charge is 0.416 e. The molecule has 1 aromatic carbocycles. The summed E-state index contributed by atoms with van der Waals surface area (Å²) in [6.45, 7) is 3.87. The first-order chi connectivity index (χ1) is 10.1. The zero-order valence-electron chi connectivity index (χ0n) is 11.8. The number of anilines is 1. The van der Waals surface area contributed by atoms with Gasteiger partial charge in [-0.1, -0.05) is 0 Å². The van der Waals surface area contributed by atoms with E-state index in [-0.39, 0.29) is 10.6 Å². The van der Waals surface area contributed by atoms with E-state index in [9.17, 15) is 21.6 Å². The molecule has 0 fully saturated rings. The number of nitrogens with one attached hydrogen (secondary N) is 1. The maximum atomic E-state index is 12.5. The van der Waals surface area contributed by atoms with E-state index in [1.54, 1.807) is 6.92 Å². The zero-order chi connectivity index (χ0) is 16.5. The van der Waals surface area contributed by atoms with Crippen molar-refractivity contribution in [1.29, 1.82) is 0 Å². The first kappa shape index (κ1) is 16.3. The van der Waals surface area contributed by atoms with Crippen LogP contribution in [-0.2, 0) is 22.7 Å². The van der Waals surface area contributed by atoms with Crippen LogP contribution < -0.4 is 4.72 Å². The van der Waals surface area contributed by atoms with E-state index in [1.807, 2.05) is 6.92 Å². The van der Waals surface area contributed by atoms with Crippen molar-refractivity contribution >= 4 is 15.7 Å². The molecule has 2 aromatic rings. The van der Waals surface area contributed by atoms with Crippen molar-refractivity contribution < 1.29 is 21.6 Å². The Labute approximate surface area is 125 Å². The Balaban J connectivity index is 2.27. The summed E-state index contributed by atoms with van der Waals surface area (Å²) >= 11 is 0. The van der Waals surface area contributed by atoms with E-state index in [4.69, 9.17) is 0 Å². The summed E-state index contributed by atoms with van der Waals surface area (Å²) in [5, 5.41) is 4.03. The summed E-state index contributed by atoms with van der Waals surface area (Å²) < 4.78 is 65.6. The molecule has 1 N–H and O–H groups in total. The van der Waals surface area contributed by atoms with E-state index < -0.39 is 21.8 Å². The maximum absolute atomic E-state index is 12.5. The molecule has 0 spiro atoms. The number of aromatic nitrogens is 2. The molecule has 0 radical (unpaired) electrons. The monoisotopic (exact) mass is 333 g/mol. The van der Waals surface area contributed by atoms with E-state index >= 15 is 0 Å². The number of benzene rings is 1. The van der Waals surface area contributed by atoms with Gasteiger partial charge in [0.2, 0.25) is 0 Å². The van der Waals surface area contributed by atoms with Gasteiger partial charge in [0.25, 0.3) is 10.0 Å². The Bertz CT molecular complexity index is 765. The Morgan fingerprint density at radius 3 is 2.27 bits per heavy atom. The van der Waals surface area contributed by atoms with Gasteiger partial charge in [0.1, 0.15) is 4.90 Å². The molecule has 120 valence electrons. The third-order valence-corrected chi connectivity index (χ3v) is 4.46. The molecular weight excluding hydrogens is 319 g/mol. The van der Waals surface area contributed by atoms with Gasteiger partial charge in [-0.2, -0.15) is 18.3 Å². The normalized spacial score (nSPS) is 12.4. The molecule has 0 aliphatic carbocycles. The summed E-state index contributed by atoms with van der Waals surface area (Å²) in [6, 6.07) is 3.78. The van der Waals surface area contributed by atoms with Crippen LogP contribution in [0.1, 0.15) is 18.2 Å². The number of halogens is 3. The number of hydrogen-bond donors (Lipinski definition) is 1. The minimum Gasteiger partial charge on any atom is -0.280 e. The van der Waals surface area contributed by atoms with Gasteiger partial charge < -0.3 is 0 Å². The van der Waals surface area contributed by atoms with Gasteiger partial charge in [0, 0.05) is 18.4 Å². The third-order valence-electron chi connectivity index (χ3n) is 2.98. The van der Waals surface area contributed by atoms with Crippen LogP contribution in [0.2, 0.25) is 0 Å². The second-order valence-electron chi connectivity index (χ2n) is 4.62. The van der Waals surface area contributed by atoms with Crippen LogP contribution in [0.15, 0.2) is 35.4 Å². The van der Waals surface area contributed by atoms with Gasteiger partial charge >= 0.3 is 6.18 Å². The van der Waals surface area contributed by atoms with Crippen molar-refractivity contribution in [3.63, 3.8) is 0 Å². The Hall–Kier alpha value is -2.03. The number of aryl methyl sites for hydroxylation is 2. The Kier molecular flexibility index (Phi) is 4.19. The van der Waals surface area contributed by atoms with Crippen molar-refractivity contribution in [2.75, 3.05) is 4.72 Å². The topological polar surface area (TPSA) is 64.0 Å². The minimum atomic E-state index is -4.46. The fourth-order valence-corrected chi connectivity index (χ4v) is 3.11. The Morgan fingerprint density at radius 2 is 1.82 bits per heavy atom. The zero-order valence-corrected chi connectivity index (χ0v) is 12.7. The van der Waals surface area contributed by atoms with Gasteiger partial charge in [-0.15, -0.1) is 0 Å². The molecule has 0 amide bonds. The molecule has 0 unspecified atom stereocenters. The molecule has 0 aliphatic rings. The number of hydrogen-bond acceptors (Lipinski definition) is 3. The second-order valence-corrected chi connectivity index (χ2v) is 6.27. The molecule has 1 aromatic heterocycles. The van der Waals surface area contributed by atoms with E-state index in [2.05, 4.69) is 9.82 Å². The van der Waals surface area contributed by atoms with Crippen molar-refractivity contribution in [3.8, 4) is 0 Å². The molecule has 9 heteroatoms. The predicted molar refractivity (Wildman–Crippen MR) is 74.9 cm³/mol. The summed E-state index contributed by atoms with van der Waals surface area (Å²) in [4.78, 5) is -0.00533. The number of alkyl halides is 3. The van der Waals surface area contributed by atoms with Crippen LogP contribution in [0, 0.1) is 6.92 Å². The minimum absolute atomic E-state index is 0.00533. The van der Waals surface area contributed by atoms with Crippen molar-refractivity contribution in [2.24, 2.45) is 0 Å².